The Labute approximate surface area is 124 Å². The lowest BCUT2D eigenvalue weighted by molar-refractivity contribution is -0.143. The quantitative estimate of drug-likeness (QED) is 0.910. The zero-order chi connectivity index (χ0) is 15.1. The Morgan fingerprint density at radius 1 is 1.15 bits per heavy atom. The van der Waals surface area contributed by atoms with Gasteiger partial charge in [0.15, 0.2) is 0 Å². The van der Waals surface area contributed by atoms with E-state index < -0.39 is 11.4 Å². The largest absolute Gasteiger partial charge is 0.495 e. The minimum atomic E-state index is -0.783. The van der Waals surface area contributed by atoms with Gasteiger partial charge in [-0.2, -0.15) is 0 Å². The standard InChI is InChI=1S/C16H21ClO3/c1-9-10(2)14(20-4)13(17)11(3)12(9)16(15(18)19)7-5-6-8-16/h5-8H2,1-4H3,(H,18,19). The SMILES string of the molecule is COc1c(C)c(C)c(C2(C(=O)O)CCCC2)c(C)c1Cl. The van der Waals surface area contributed by atoms with Gasteiger partial charge in [-0.25, -0.2) is 0 Å². The van der Waals surface area contributed by atoms with E-state index in [1.165, 1.54) is 0 Å². The lowest BCUT2D eigenvalue weighted by atomic mass is 9.74. The van der Waals surface area contributed by atoms with Crippen molar-refractivity contribution in [2.75, 3.05) is 7.11 Å². The molecule has 1 aliphatic rings. The maximum atomic E-state index is 11.9. The minimum Gasteiger partial charge on any atom is -0.495 e. The highest BCUT2D eigenvalue weighted by Crippen LogP contribution is 2.48. The van der Waals surface area contributed by atoms with Crippen LogP contribution >= 0.6 is 11.6 Å². The molecule has 0 atom stereocenters. The summed E-state index contributed by atoms with van der Waals surface area (Å²) in [7, 11) is 1.59. The van der Waals surface area contributed by atoms with Crippen LogP contribution in [0.15, 0.2) is 0 Å². The molecular weight excluding hydrogens is 276 g/mol. The first-order valence-electron chi connectivity index (χ1n) is 6.94. The third-order valence-electron chi connectivity index (χ3n) is 4.73. The third-order valence-corrected chi connectivity index (χ3v) is 5.19. The van der Waals surface area contributed by atoms with Gasteiger partial charge in [-0.3, -0.25) is 4.79 Å². The number of hydrogen-bond donors (Lipinski definition) is 1. The highest BCUT2D eigenvalue weighted by Gasteiger charge is 2.45. The van der Waals surface area contributed by atoms with Crippen LogP contribution in [0.3, 0.4) is 0 Å². The molecule has 1 aromatic rings. The summed E-state index contributed by atoms with van der Waals surface area (Å²) in [6.45, 7) is 5.81. The van der Waals surface area contributed by atoms with E-state index in [1.807, 2.05) is 20.8 Å². The van der Waals surface area contributed by atoms with E-state index in [2.05, 4.69) is 0 Å². The topological polar surface area (TPSA) is 46.5 Å². The zero-order valence-corrected chi connectivity index (χ0v) is 13.2. The first-order valence-corrected chi connectivity index (χ1v) is 7.31. The van der Waals surface area contributed by atoms with Crippen molar-refractivity contribution in [3.63, 3.8) is 0 Å². The number of methoxy groups -OCH3 is 1. The van der Waals surface area contributed by atoms with Gasteiger partial charge >= 0.3 is 5.97 Å². The van der Waals surface area contributed by atoms with Crippen molar-refractivity contribution in [2.24, 2.45) is 0 Å². The van der Waals surface area contributed by atoms with Crippen LogP contribution in [0.2, 0.25) is 5.02 Å². The fraction of sp³-hybridized carbons (Fsp3) is 0.562. The van der Waals surface area contributed by atoms with Crippen molar-refractivity contribution in [1.29, 1.82) is 0 Å². The van der Waals surface area contributed by atoms with Gasteiger partial charge in [0.25, 0.3) is 0 Å². The summed E-state index contributed by atoms with van der Waals surface area (Å²) in [5.41, 5.74) is 2.88. The monoisotopic (exact) mass is 296 g/mol. The summed E-state index contributed by atoms with van der Waals surface area (Å²) in [5, 5.41) is 10.3. The van der Waals surface area contributed by atoms with Gasteiger partial charge in [0.05, 0.1) is 17.5 Å². The molecule has 1 aromatic carbocycles. The predicted molar refractivity (Wildman–Crippen MR) is 80.0 cm³/mol. The van der Waals surface area contributed by atoms with Crippen molar-refractivity contribution >= 4 is 17.6 Å². The van der Waals surface area contributed by atoms with E-state index in [0.717, 1.165) is 35.1 Å². The second kappa shape index (κ2) is 5.28. The summed E-state index contributed by atoms with van der Waals surface area (Å²) in [6.07, 6.45) is 3.28. The third kappa shape index (κ3) is 1.99. The first kappa shape index (κ1) is 15.2. The van der Waals surface area contributed by atoms with Crippen LogP contribution in [0.1, 0.15) is 47.9 Å². The summed E-state index contributed by atoms with van der Waals surface area (Å²) in [4.78, 5) is 11.9. The molecule has 3 nitrogen and oxygen atoms in total. The average Bonchev–Trinajstić information content (AvgIpc) is 2.88. The van der Waals surface area contributed by atoms with Crippen LogP contribution in [0, 0.1) is 20.8 Å². The summed E-state index contributed by atoms with van der Waals surface area (Å²) in [5.74, 6) is -0.0780. The summed E-state index contributed by atoms with van der Waals surface area (Å²) < 4.78 is 5.37. The molecule has 0 heterocycles. The summed E-state index contributed by atoms with van der Waals surface area (Å²) >= 11 is 6.40. The first-order chi connectivity index (χ1) is 9.36. The van der Waals surface area contributed by atoms with Gasteiger partial charge in [-0.15, -0.1) is 0 Å². The Bertz CT molecular complexity index is 528. The van der Waals surface area contributed by atoms with E-state index in [1.54, 1.807) is 7.11 Å². The molecule has 0 radical (unpaired) electrons. The molecule has 0 bridgehead atoms. The molecule has 1 N–H and O–H groups in total. The molecule has 1 saturated carbocycles. The number of aliphatic carboxylic acids is 1. The molecule has 0 aromatic heterocycles. The van der Waals surface area contributed by atoms with Gasteiger partial charge in [-0.1, -0.05) is 24.4 Å². The van der Waals surface area contributed by atoms with Crippen molar-refractivity contribution in [1.82, 2.24) is 0 Å². The molecule has 0 aliphatic heterocycles. The molecule has 1 fully saturated rings. The van der Waals surface area contributed by atoms with Crippen LogP contribution in [-0.2, 0) is 10.2 Å². The Balaban J connectivity index is 2.78. The van der Waals surface area contributed by atoms with Crippen LogP contribution < -0.4 is 4.74 Å². The molecule has 110 valence electrons. The molecule has 20 heavy (non-hydrogen) atoms. The predicted octanol–water partition coefficient (Wildman–Crippen LogP) is 4.17. The zero-order valence-electron chi connectivity index (χ0n) is 12.5. The van der Waals surface area contributed by atoms with Gasteiger partial charge < -0.3 is 9.84 Å². The second-order valence-electron chi connectivity index (χ2n) is 5.69. The van der Waals surface area contributed by atoms with Gasteiger partial charge in [0.1, 0.15) is 5.75 Å². The number of halogens is 1. The number of carboxylic acid groups (broad SMARTS) is 1. The molecule has 0 unspecified atom stereocenters. The molecule has 1 aliphatic carbocycles. The molecule has 0 spiro atoms. The fourth-order valence-corrected chi connectivity index (χ4v) is 3.91. The van der Waals surface area contributed by atoms with Crippen molar-refractivity contribution < 1.29 is 14.6 Å². The highest BCUT2D eigenvalue weighted by molar-refractivity contribution is 6.33. The van der Waals surface area contributed by atoms with E-state index in [-0.39, 0.29) is 0 Å². The lowest BCUT2D eigenvalue weighted by Crippen LogP contribution is -2.34. The van der Waals surface area contributed by atoms with Crippen molar-refractivity contribution in [3.8, 4) is 5.75 Å². The van der Waals surface area contributed by atoms with Crippen LogP contribution in [0.4, 0.5) is 0 Å². The number of ether oxygens (including phenoxy) is 1. The number of carbonyl (C=O) groups is 1. The van der Waals surface area contributed by atoms with E-state index in [4.69, 9.17) is 16.3 Å². The van der Waals surface area contributed by atoms with Crippen LogP contribution in [0.25, 0.3) is 0 Å². The van der Waals surface area contributed by atoms with Gasteiger partial charge in [-0.05, 0) is 55.9 Å². The van der Waals surface area contributed by atoms with Crippen molar-refractivity contribution in [3.05, 3.63) is 27.3 Å². The molecule has 0 amide bonds. The van der Waals surface area contributed by atoms with E-state index >= 15 is 0 Å². The minimum absolute atomic E-state index is 0.540. The molecular formula is C16H21ClO3. The molecule has 2 rings (SSSR count). The Morgan fingerprint density at radius 2 is 1.70 bits per heavy atom. The van der Waals surface area contributed by atoms with E-state index in [9.17, 15) is 9.90 Å². The maximum absolute atomic E-state index is 11.9. The Hall–Kier alpha value is -1.22. The highest BCUT2D eigenvalue weighted by atomic mass is 35.5. The Morgan fingerprint density at radius 3 is 2.15 bits per heavy atom. The molecule has 4 heteroatoms. The van der Waals surface area contributed by atoms with Gasteiger partial charge in [0.2, 0.25) is 0 Å². The number of rotatable bonds is 3. The number of benzene rings is 1. The fourth-order valence-electron chi connectivity index (χ4n) is 3.59. The number of hydrogen-bond acceptors (Lipinski definition) is 2. The smallest absolute Gasteiger partial charge is 0.314 e. The van der Waals surface area contributed by atoms with E-state index in [0.29, 0.717) is 23.6 Å². The maximum Gasteiger partial charge on any atom is 0.314 e. The Kier molecular flexibility index (Phi) is 4.01. The average molecular weight is 297 g/mol. The molecule has 0 saturated heterocycles. The normalized spacial score (nSPS) is 17.2. The summed E-state index contributed by atoms with van der Waals surface area (Å²) in [6, 6.07) is 0. The number of carboxylic acids is 1. The van der Waals surface area contributed by atoms with Crippen molar-refractivity contribution in [2.45, 2.75) is 51.9 Å². The lowest BCUT2D eigenvalue weighted by Gasteiger charge is -2.30. The van der Waals surface area contributed by atoms with Crippen LogP contribution in [0.5, 0.6) is 5.75 Å². The van der Waals surface area contributed by atoms with Crippen LogP contribution in [-0.4, -0.2) is 18.2 Å². The second-order valence-corrected chi connectivity index (χ2v) is 6.07. The van der Waals surface area contributed by atoms with Gasteiger partial charge in [0, 0.05) is 0 Å².